The maximum absolute atomic E-state index is 14.1. The molecule has 2 amide bonds. The largest absolute Gasteiger partial charge is 0.352 e. The second-order valence-electron chi connectivity index (χ2n) is 7.95. The van der Waals surface area contributed by atoms with E-state index in [2.05, 4.69) is 5.32 Å². The number of nitrogens with zero attached hydrogens (tertiary/aromatic N) is 1. The third-order valence-electron chi connectivity index (χ3n) is 5.36. The molecule has 0 aliphatic heterocycles. The highest BCUT2D eigenvalue weighted by molar-refractivity contribution is 7.99. The van der Waals surface area contributed by atoms with E-state index in [0.29, 0.717) is 23.6 Å². The number of hydrogen-bond acceptors (Lipinski definition) is 3. The molecule has 0 saturated heterocycles. The van der Waals surface area contributed by atoms with Crippen LogP contribution in [0.15, 0.2) is 42.5 Å². The molecule has 0 bridgehead atoms. The Morgan fingerprint density at radius 2 is 1.88 bits per heavy atom. The Labute approximate surface area is 199 Å². The summed E-state index contributed by atoms with van der Waals surface area (Å²) < 4.78 is 14.1. The maximum atomic E-state index is 14.1. The monoisotopic (exact) mass is 478 g/mol. The lowest BCUT2D eigenvalue weighted by atomic mass is 10.1. The highest BCUT2D eigenvalue weighted by Crippen LogP contribution is 2.25. The number of carbonyl (C=O) groups excluding carboxylic acids is 2. The number of halogens is 2. The first-order chi connectivity index (χ1) is 15.3. The highest BCUT2D eigenvalue weighted by atomic mass is 35.5. The standard InChI is InChI=1S/C25H32ClFN2O2S/c1-5-18(4)28-25(31)23(6-2)29(14-19-10-7-9-17(3)13-19)24(30)16-32-15-20-21(26)11-8-12-22(20)27/h7-13,18,23H,5-6,14-16H2,1-4H3,(H,28,31)/t18-,23-/m1/s1. The molecule has 7 heteroatoms. The van der Waals surface area contributed by atoms with Gasteiger partial charge in [-0.25, -0.2) is 4.39 Å². The quantitative estimate of drug-likeness (QED) is 0.447. The Morgan fingerprint density at radius 1 is 1.16 bits per heavy atom. The van der Waals surface area contributed by atoms with Crippen LogP contribution in [0.4, 0.5) is 4.39 Å². The zero-order chi connectivity index (χ0) is 23.7. The number of amides is 2. The Kier molecular flexibility index (Phi) is 10.5. The predicted octanol–water partition coefficient (Wildman–Crippen LogP) is 5.74. The van der Waals surface area contributed by atoms with Gasteiger partial charge in [-0.3, -0.25) is 9.59 Å². The fraction of sp³-hybridized carbons (Fsp3) is 0.440. The van der Waals surface area contributed by atoms with Crippen LogP contribution in [0.3, 0.4) is 0 Å². The van der Waals surface area contributed by atoms with Crippen LogP contribution in [0.25, 0.3) is 0 Å². The van der Waals surface area contributed by atoms with Crippen molar-refractivity contribution in [3.8, 4) is 0 Å². The molecule has 0 radical (unpaired) electrons. The average Bonchev–Trinajstić information content (AvgIpc) is 2.75. The fourth-order valence-electron chi connectivity index (χ4n) is 3.36. The minimum Gasteiger partial charge on any atom is -0.352 e. The van der Waals surface area contributed by atoms with Gasteiger partial charge >= 0.3 is 0 Å². The Balaban J connectivity index is 2.18. The van der Waals surface area contributed by atoms with E-state index in [0.717, 1.165) is 17.5 Å². The van der Waals surface area contributed by atoms with E-state index in [-0.39, 0.29) is 35.2 Å². The van der Waals surface area contributed by atoms with Crippen LogP contribution < -0.4 is 5.32 Å². The van der Waals surface area contributed by atoms with Gasteiger partial charge in [0.25, 0.3) is 0 Å². The molecule has 32 heavy (non-hydrogen) atoms. The normalized spacial score (nSPS) is 12.8. The van der Waals surface area contributed by atoms with Gasteiger partial charge in [0.15, 0.2) is 0 Å². The van der Waals surface area contributed by atoms with Gasteiger partial charge in [0.1, 0.15) is 11.9 Å². The van der Waals surface area contributed by atoms with Gasteiger partial charge in [0, 0.05) is 28.9 Å². The molecule has 2 atom stereocenters. The number of carbonyl (C=O) groups is 2. The van der Waals surface area contributed by atoms with Crippen LogP contribution in [-0.4, -0.2) is 34.6 Å². The van der Waals surface area contributed by atoms with Crippen molar-refractivity contribution in [1.29, 1.82) is 0 Å². The molecule has 0 aromatic heterocycles. The highest BCUT2D eigenvalue weighted by Gasteiger charge is 2.29. The van der Waals surface area contributed by atoms with E-state index < -0.39 is 6.04 Å². The van der Waals surface area contributed by atoms with E-state index >= 15 is 0 Å². The summed E-state index contributed by atoms with van der Waals surface area (Å²) in [6, 6.07) is 11.9. The minimum absolute atomic E-state index is 0.0324. The van der Waals surface area contributed by atoms with E-state index in [4.69, 9.17) is 11.6 Å². The van der Waals surface area contributed by atoms with Gasteiger partial charge in [0.2, 0.25) is 11.8 Å². The van der Waals surface area contributed by atoms with E-state index in [1.165, 1.54) is 17.8 Å². The van der Waals surface area contributed by atoms with E-state index in [1.54, 1.807) is 17.0 Å². The first kappa shape index (κ1) is 26.2. The zero-order valence-electron chi connectivity index (χ0n) is 19.2. The second kappa shape index (κ2) is 12.9. The van der Waals surface area contributed by atoms with Gasteiger partial charge in [-0.1, -0.05) is 61.3 Å². The van der Waals surface area contributed by atoms with Gasteiger partial charge in [-0.2, -0.15) is 0 Å². The molecular weight excluding hydrogens is 447 g/mol. The lowest BCUT2D eigenvalue weighted by Gasteiger charge is -2.31. The van der Waals surface area contributed by atoms with Crippen LogP contribution in [0.1, 0.15) is 50.3 Å². The minimum atomic E-state index is -0.574. The number of aryl methyl sites for hydroxylation is 1. The summed E-state index contributed by atoms with van der Waals surface area (Å²) in [4.78, 5) is 27.8. The molecule has 2 aromatic rings. The molecule has 0 heterocycles. The van der Waals surface area contributed by atoms with Gasteiger partial charge in [-0.05, 0) is 44.4 Å². The molecule has 0 unspecified atom stereocenters. The third-order valence-corrected chi connectivity index (χ3v) is 6.65. The molecule has 1 N–H and O–H groups in total. The molecule has 0 spiro atoms. The van der Waals surface area contributed by atoms with Crippen LogP contribution in [-0.2, 0) is 21.9 Å². The first-order valence-electron chi connectivity index (χ1n) is 10.9. The maximum Gasteiger partial charge on any atom is 0.243 e. The summed E-state index contributed by atoms with van der Waals surface area (Å²) in [5, 5.41) is 3.35. The Hall–Kier alpha value is -2.05. The first-order valence-corrected chi connectivity index (χ1v) is 12.5. The van der Waals surface area contributed by atoms with Gasteiger partial charge in [-0.15, -0.1) is 11.8 Å². The van der Waals surface area contributed by atoms with Crippen molar-refractivity contribution < 1.29 is 14.0 Å². The van der Waals surface area contributed by atoms with E-state index in [9.17, 15) is 14.0 Å². The number of thioether (sulfide) groups is 1. The number of rotatable bonds is 11. The lowest BCUT2D eigenvalue weighted by Crippen LogP contribution is -2.51. The predicted molar refractivity (Wildman–Crippen MR) is 131 cm³/mol. The number of benzene rings is 2. The lowest BCUT2D eigenvalue weighted by molar-refractivity contribution is -0.139. The molecule has 0 aliphatic rings. The van der Waals surface area contributed by atoms with Crippen molar-refractivity contribution in [2.45, 2.75) is 64.9 Å². The van der Waals surface area contributed by atoms with Crippen molar-refractivity contribution in [1.82, 2.24) is 10.2 Å². The molecule has 174 valence electrons. The summed E-state index contributed by atoms with van der Waals surface area (Å²) in [6.07, 6.45) is 1.32. The van der Waals surface area contributed by atoms with Crippen molar-refractivity contribution >= 4 is 35.2 Å². The summed E-state index contributed by atoms with van der Waals surface area (Å²) in [7, 11) is 0. The summed E-state index contributed by atoms with van der Waals surface area (Å²) in [5.41, 5.74) is 2.45. The van der Waals surface area contributed by atoms with E-state index in [1.807, 2.05) is 52.0 Å². The van der Waals surface area contributed by atoms with Crippen LogP contribution in [0.2, 0.25) is 5.02 Å². The Morgan fingerprint density at radius 3 is 2.50 bits per heavy atom. The summed E-state index contributed by atoms with van der Waals surface area (Å²) >= 11 is 7.40. The molecule has 2 rings (SSSR count). The summed E-state index contributed by atoms with van der Waals surface area (Å²) in [6.45, 7) is 8.20. The average molecular weight is 479 g/mol. The fourth-order valence-corrected chi connectivity index (χ4v) is 4.61. The van der Waals surface area contributed by atoms with Crippen molar-refractivity contribution in [2.24, 2.45) is 0 Å². The van der Waals surface area contributed by atoms with Gasteiger partial charge in [0.05, 0.1) is 5.75 Å². The third kappa shape index (κ3) is 7.52. The van der Waals surface area contributed by atoms with Crippen molar-refractivity contribution in [3.63, 3.8) is 0 Å². The molecule has 2 aromatic carbocycles. The Bertz CT molecular complexity index is 904. The molecule has 0 fully saturated rings. The molecular formula is C25H32ClFN2O2S. The van der Waals surface area contributed by atoms with Crippen molar-refractivity contribution in [2.75, 3.05) is 5.75 Å². The SMILES string of the molecule is CC[C@@H](C)NC(=O)[C@@H](CC)N(Cc1cccc(C)c1)C(=O)CSCc1c(F)cccc1Cl. The second-order valence-corrected chi connectivity index (χ2v) is 9.34. The smallest absolute Gasteiger partial charge is 0.243 e. The van der Waals surface area contributed by atoms with Crippen LogP contribution in [0, 0.1) is 12.7 Å². The van der Waals surface area contributed by atoms with Gasteiger partial charge < -0.3 is 10.2 Å². The molecule has 4 nitrogen and oxygen atoms in total. The van der Waals surface area contributed by atoms with Crippen molar-refractivity contribution in [3.05, 3.63) is 70.0 Å². The molecule has 0 aliphatic carbocycles. The van der Waals surface area contributed by atoms with Crippen LogP contribution >= 0.6 is 23.4 Å². The number of hydrogen-bond donors (Lipinski definition) is 1. The molecule has 0 saturated carbocycles. The topological polar surface area (TPSA) is 49.4 Å². The number of nitrogens with one attached hydrogen (secondary N) is 1. The zero-order valence-corrected chi connectivity index (χ0v) is 20.7. The van der Waals surface area contributed by atoms with Crippen LogP contribution in [0.5, 0.6) is 0 Å². The summed E-state index contributed by atoms with van der Waals surface area (Å²) in [5.74, 6) is -0.275.